The zero-order chi connectivity index (χ0) is 12.3. The van der Waals surface area contributed by atoms with Gasteiger partial charge in [0.25, 0.3) is 0 Å². The van der Waals surface area contributed by atoms with E-state index in [-0.39, 0.29) is 4.83 Å². The Morgan fingerprint density at radius 1 is 1.41 bits per heavy atom. The molecular weight excluding hydrogens is 302 g/mol. The normalized spacial score (nSPS) is 34.4. The van der Waals surface area contributed by atoms with Crippen LogP contribution in [0.4, 0.5) is 0 Å². The van der Waals surface area contributed by atoms with Crippen LogP contribution in [0.2, 0.25) is 0 Å². The van der Waals surface area contributed by atoms with Crippen LogP contribution in [0.15, 0.2) is 41.3 Å². The van der Waals surface area contributed by atoms with Crippen LogP contribution >= 0.6 is 15.9 Å². The molecule has 0 amide bonds. The summed E-state index contributed by atoms with van der Waals surface area (Å²) >= 11 is 3.45. The number of hydrogen-bond acceptors (Lipinski definition) is 2. The molecule has 17 heavy (non-hydrogen) atoms. The third-order valence-corrected chi connectivity index (χ3v) is 6.10. The minimum absolute atomic E-state index is 0.0830. The van der Waals surface area contributed by atoms with Gasteiger partial charge in [-0.3, -0.25) is 0 Å². The van der Waals surface area contributed by atoms with Crippen LogP contribution in [0.5, 0.6) is 0 Å². The van der Waals surface area contributed by atoms with Crippen LogP contribution in [-0.2, 0) is 15.6 Å². The predicted octanol–water partition coefficient (Wildman–Crippen LogP) is 2.24. The van der Waals surface area contributed by atoms with Gasteiger partial charge >= 0.3 is 0 Å². The molecule has 0 spiro atoms. The third-order valence-electron chi connectivity index (χ3n) is 3.49. The molecule has 1 aromatic carbocycles. The van der Waals surface area contributed by atoms with Gasteiger partial charge in [0, 0.05) is 11.4 Å². The number of fused-ring (bicyclic) bond motifs is 3. The molecule has 0 aromatic heterocycles. The Bertz CT molecular complexity index is 611. The molecule has 0 aliphatic carbocycles. The Balaban J connectivity index is 2.32. The van der Waals surface area contributed by atoms with E-state index in [9.17, 15) is 8.42 Å². The SMILES string of the molecule is C[C@@]12C=C[C@@H](Br)CN1S(=O)(=O)c1ccccc12. The van der Waals surface area contributed by atoms with Crippen LogP contribution in [0.1, 0.15) is 12.5 Å². The van der Waals surface area contributed by atoms with E-state index in [0.29, 0.717) is 11.4 Å². The lowest BCUT2D eigenvalue weighted by molar-refractivity contribution is 0.274. The molecule has 5 heteroatoms. The lowest BCUT2D eigenvalue weighted by Crippen LogP contribution is -2.45. The van der Waals surface area contributed by atoms with Gasteiger partial charge in [0.2, 0.25) is 10.0 Å². The first-order valence-corrected chi connectivity index (χ1v) is 7.77. The molecule has 0 saturated heterocycles. The second kappa shape index (κ2) is 3.43. The van der Waals surface area contributed by atoms with Crippen molar-refractivity contribution in [2.45, 2.75) is 22.2 Å². The van der Waals surface area contributed by atoms with Gasteiger partial charge in [0.15, 0.2) is 0 Å². The van der Waals surface area contributed by atoms with E-state index in [1.54, 1.807) is 16.4 Å². The van der Waals surface area contributed by atoms with Crippen LogP contribution in [0, 0.1) is 0 Å². The van der Waals surface area contributed by atoms with E-state index in [1.807, 2.05) is 31.2 Å². The van der Waals surface area contributed by atoms with Crippen LogP contribution in [0.3, 0.4) is 0 Å². The Kier molecular flexibility index (Phi) is 2.31. The number of rotatable bonds is 0. The zero-order valence-electron chi connectivity index (χ0n) is 9.30. The van der Waals surface area contributed by atoms with Crippen LogP contribution < -0.4 is 0 Å². The molecule has 2 aliphatic heterocycles. The van der Waals surface area contributed by atoms with Gasteiger partial charge in [-0.2, -0.15) is 4.31 Å². The number of sulfonamides is 1. The molecule has 90 valence electrons. The van der Waals surface area contributed by atoms with Gasteiger partial charge in [-0.1, -0.05) is 46.3 Å². The fourth-order valence-electron chi connectivity index (χ4n) is 2.58. The van der Waals surface area contributed by atoms with Crippen LogP contribution in [-0.4, -0.2) is 24.1 Å². The molecule has 0 radical (unpaired) electrons. The van der Waals surface area contributed by atoms with Crippen molar-refractivity contribution in [3.8, 4) is 0 Å². The van der Waals surface area contributed by atoms with Crippen molar-refractivity contribution in [3.05, 3.63) is 42.0 Å². The summed E-state index contributed by atoms with van der Waals surface area (Å²) in [6, 6.07) is 7.24. The van der Waals surface area contributed by atoms with Gasteiger partial charge in [-0.05, 0) is 18.6 Å². The largest absolute Gasteiger partial charge is 0.244 e. The van der Waals surface area contributed by atoms with E-state index in [2.05, 4.69) is 15.9 Å². The molecule has 3 rings (SSSR count). The van der Waals surface area contributed by atoms with Gasteiger partial charge in [0.05, 0.1) is 10.4 Å². The smallest absolute Gasteiger partial charge is 0.207 e. The summed E-state index contributed by atoms with van der Waals surface area (Å²) in [6.45, 7) is 2.43. The monoisotopic (exact) mass is 313 g/mol. The van der Waals surface area contributed by atoms with Crippen molar-refractivity contribution < 1.29 is 8.42 Å². The average Bonchev–Trinajstić information content (AvgIpc) is 2.48. The fraction of sp³-hybridized carbons (Fsp3) is 0.333. The highest BCUT2D eigenvalue weighted by Crippen LogP contribution is 2.46. The molecule has 0 unspecified atom stereocenters. The van der Waals surface area contributed by atoms with E-state index in [1.165, 1.54) is 0 Å². The van der Waals surface area contributed by atoms with Gasteiger partial charge in [0.1, 0.15) is 0 Å². The number of halogens is 1. The van der Waals surface area contributed by atoms with Crippen molar-refractivity contribution in [2.24, 2.45) is 0 Å². The summed E-state index contributed by atoms with van der Waals surface area (Å²) in [4.78, 5) is 0.522. The van der Waals surface area contributed by atoms with Crippen molar-refractivity contribution in [3.63, 3.8) is 0 Å². The van der Waals surface area contributed by atoms with Gasteiger partial charge in [-0.25, -0.2) is 8.42 Å². The van der Waals surface area contributed by atoms with E-state index >= 15 is 0 Å². The second-order valence-electron chi connectivity index (χ2n) is 4.55. The number of nitrogens with zero attached hydrogens (tertiary/aromatic N) is 1. The minimum Gasteiger partial charge on any atom is -0.207 e. The summed E-state index contributed by atoms with van der Waals surface area (Å²) < 4.78 is 26.5. The summed E-state index contributed by atoms with van der Waals surface area (Å²) in [7, 11) is -3.35. The first kappa shape index (κ1) is 11.4. The minimum atomic E-state index is -3.35. The quantitative estimate of drug-likeness (QED) is 0.544. The maximum absolute atomic E-state index is 12.4. The molecular formula is C12H12BrNO2S. The number of benzene rings is 1. The third kappa shape index (κ3) is 1.39. The highest BCUT2D eigenvalue weighted by atomic mass is 79.9. The summed E-state index contributed by atoms with van der Waals surface area (Å²) in [5, 5.41) is 0. The van der Waals surface area contributed by atoms with Gasteiger partial charge < -0.3 is 0 Å². The molecule has 3 nitrogen and oxygen atoms in total. The predicted molar refractivity (Wildman–Crippen MR) is 69.5 cm³/mol. The summed E-state index contributed by atoms with van der Waals surface area (Å²) in [5.41, 5.74) is 0.343. The Morgan fingerprint density at radius 2 is 2.12 bits per heavy atom. The topological polar surface area (TPSA) is 37.4 Å². The molecule has 2 atom stereocenters. The first-order valence-electron chi connectivity index (χ1n) is 5.42. The van der Waals surface area contributed by atoms with Crippen LogP contribution in [0.25, 0.3) is 0 Å². The van der Waals surface area contributed by atoms with Crippen molar-refractivity contribution in [2.75, 3.05) is 6.54 Å². The Morgan fingerprint density at radius 3 is 2.88 bits per heavy atom. The highest BCUT2D eigenvalue weighted by molar-refractivity contribution is 9.09. The first-order chi connectivity index (χ1) is 7.96. The van der Waals surface area contributed by atoms with E-state index in [4.69, 9.17) is 0 Å². The van der Waals surface area contributed by atoms with Crippen molar-refractivity contribution in [1.29, 1.82) is 0 Å². The molecule has 2 heterocycles. The highest BCUT2D eigenvalue weighted by Gasteiger charge is 2.51. The zero-order valence-corrected chi connectivity index (χ0v) is 11.7. The second-order valence-corrected chi connectivity index (χ2v) is 7.56. The molecule has 0 N–H and O–H groups in total. The van der Waals surface area contributed by atoms with E-state index < -0.39 is 15.6 Å². The fourth-order valence-corrected chi connectivity index (χ4v) is 5.27. The standard InChI is InChI=1S/C12H12BrNO2S/c1-12-7-6-9(13)8-14(12)17(15,16)11-5-3-2-4-10(11)12/h2-7,9H,8H2,1H3/t9-,12+/m1/s1. The summed E-state index contributed by atoms with van der Waals surface area (Å²) in [5.74, 6) is 0. The Labute approximate surface area is 109 Å². The molecule has 2 aliphatic rings. The lowest BCUT2D eigenvalue weighted by atomic mass is 9.89. The lowest BCUT2D eigenvalue weighted by Gasteiger charge is -2.35. The molecule has 0 bridgehead atoms. The average molecular weight is 314 g/mol. The summed E-state index contributed by atoms with van der Waals surface area (Å²) in [6.07, 6.45) is 3.99. The van der Waals surface area contributed by atoms with E-state index in [0.717, 1.165) is 5.56 Å². The maximum Gasteiger partial charge on any atom is 0.244 e. The molecule has 1 aromatic rings. The van der Waals surface area contributed by atoms with Crippen molar-refractivity contribution >= 4 is 26.0 Å². The number of hydrogen-bond donors (Lipinski definition) is 0. The maximum atomic E-state index is 12.4. The molecule has 0 saturated carbocycles. The van der Waals surface area contributed by atoms with Crippen molar-refractivity contribution in [1.82, 2.24) is 4.31 Å². The number of alkyl halides is 1. The Hall–Kier alpha value is -0.650. The molecule has 0 fully saturated rings. The van der Waals surface area contributed by atoms with Gasteiger partial charge in [-0.15, -0.1) is 0 Å².